The molecule has 1 heterocycles. The summed E-state index contributed by atoms with van der Waals surface area (Å²) in [5.74, 6) is -0.209. The van der Waals surface area contributed by atoms with Gasteiger partial charge in [-0.15, -0.1) is 0 Å². The first-order valence-corrected chi connectivity index (χ1v) is 5.05. The summed E-state index contributed by atoms with van der Waals surface area (Å²) in [7, 11) is 2.92. The molecule has 6 nitrogen and oxygen atoms in total. The van der Waals surface area contributed by atoms with Crippen LogP contribution in [0.3, 0.4) is 0 Å². The van der Waals surface area contributed by atoms with Crippen molar-refractivity contribution in [2.75, 3.05) is 26.6 Å². The van der Waals surface area contributed by atoms with Crippen molar-refractivity contribution in [1.82, 2.24) is 9.55 Å². The van der Waals surface area contributed by atoms with E-state index in [9.17, 15) is 4.79 Å². The first-order chi connectivity index (χ1) is 7.65. The Bertz CT molecular complexity index is 362. The van der Waals surface area contributed by atoms with E-state index in [2.05, 4.69) is 9.72 Å². The van der Waals surface area contributed by atoms with E-state index in [1.165, 1.54) is 13.4 Å². The highest BCUT2D eigenvalue weighted by molar-refractivity contribution is 5.92. The van der Waals surface area contributed by atoms with Gasteiger partial charge in [0.2, 0.25) is 0 Å². The third kappa shape index (κ3) is 2.33. The van der Waals surface area contributed by atoms with Gasteiger partial charge in [0.05, 0.1) is 26.1 Å². The summed E-state index contributed by atoms with van der Waals surface area (Å²) in [5, 5.41) is 0. The smallest absolute Gasteiger partial charge is 0.360 e. The maximum Gasteiger partial charge on any atom is 0.360 e. The Morgan fingerprint density at radius 1 is 1.62 bits per heavy atom. The molecule has 0 aromatic carbocycles. The topological polar surface area (TPSA) is 79.4 Å². The number of aromatic nitrogens is 2. The number of rotatable bonds is 5. The van der Waals surface area contributed by atoms with E-state index in [0.29, 0.717) is 12.4 Å². The Balaban J connectivity index is 2.97. The third-order valence-electron chi connectivity index (χ3n) is 2.43. The van der Waals surface area contributed by atoms with Crippen LogP contribution in [0.2, 0.25) is 0 Å². The molecule has 90 valence electrons. The summed E-state index contributed by atoms with van der Waals surface area (Å²) in [5.41, 5.74) is 5.98. The Morgan fingerprint density at radius 2 is 2.31 bits per heavy atom. The molecule has 0 fully saturated rings. The summed E-state index contributed by atoms with van der Waals surface area (Å²) in [6, 6.07) is 0.0795. The molecule has 0 aliphatic rings. The highest BCUT2D eigenvalue weighted by Crippen LogP contribution is 2.19. The molecule has 0 saturated carbocycles. The molecule has 2 N–H and O–H groups in total. The Kier molecular flexibility index (Phi) is 4.30. The molecule has 0 aliphatic heterocycles. The molecule has 0 saturated heterocycles. The van der Waals surface area contributed by atoms with E-state index >= 15 is 0 Å². The lowest BCUT2D eigenvalue weighted by atomic mass is 10.2. The van der Waals surface area contributed by atoms with Crippen LogP contribution in [-0.4, -0.2) is 36.3 Å². The zero-order valence-corrected chi connectivity index (χ0v) is 9.77. The summed E-state index contributed by atoms with van der Waals surface area (Å²) in [6.07, 6.45) is 2.38. The average molecular weight is 227 g/mol. The fraction of sp³-hybridized carbons (Fsp3) is 0.600. The van der Waals surface area contributed by atoms with Gasteiger partial charge in [0, 0.05) is 7.11 Å². The number of imidazole rings is 1. The van der Waals surface area contributed by atoms with Crippen LogP contribution in [0.1, 0.15) is 29.9 Å². The molecule has 1 aromatic rings. The maximum absolute atomic E-state index is 11.3. The van der Waals surface area contributed by atoms with E-state index in [0.717, 1.165) is 6.42 Å². The molecule has 6 heteroatoms. The van der Waals surface area contributed by atoms with E-state index < -0.39 is 5.97 Å². The zero-order chi connectivity index (χ0) is 12.1. The van der Waals surface area contributed by atoms with Gasteiger partial charge in [-0.25, -0.2) is 9.78 Å². The predicted molar refractivity (Wildman–Crippen MR) is 59.2 cm³/mol. The lowest BCUT2D eigenvalue weighted by Gasteiger charge is -2.16. The number of hydrogen-bond acceptors (Lipinski definition) is 5. The Hall–Kier alpha value is -1.56. The minimum absolute atomic E-state index is 0.0795. The van der Waals surface area contributed by atoms with Gasteiger partial charge in [-0.2, -0.15) is 0 Å². The van der Waals surface area contributed by atoms with Crippen molar-refractivity contribution in [1.29, 1.82) is 0 Å². The highest BCUT2D eigenvalue weighted by atomic mass is 16.5. The average Bonchev–Trinajstić information content (AvgIpc) is 2.67. The van der Waals surface area contributed by atoms with Gasteiger partial charge < -0.3 is 19.8 Å². The van der Waals surface area contributed by atoms with Gasteiger partial charge in [-0.05, 0) is 6.42 Å². The molecular formula is C10H17N3O3. The quantitative estimate of drug-likeness (QED) is 0.754. The second-order valence-corrected chi connectivity index (χ2v) is 3.39. The normalized spacial score (nSPS) is 12.4. The van der Waals surface area contributed by atoms with Crippen molar-refractivity contribution in [2.45, 2.75) is 19.4 Å². The number of hydrogen-bond donors (Lipinski definition) is 1. The fourth-order valence-electron chi connectivity index (χ4n) is 1.50. The van der Waals surface area contributed by atoms with Crippen LogP contribution in [-0.2, 0) is 9.47 Å². The maximum atomic E-state index is 11.3. The van der Waals surface area contributed by atoms with E-state index in [1.807, 2.05) is 6.92 Å². The molecule has 0 aliphatic carbocycles. The van der Waals surface area contributed by atoms with Crippen LogP contribution >= 0.6 is 0 Å². The summed E-state index contributed by atoms with van der Waals surface area (Å²) >= 11 is 0. The predicted octanol–water partition coefficient (Wildman–Crippen LogP) is 0.849. The van der Waals surface area contributed by atoms with Crippen LogP contribution in [0, 0.1) is 0 Å². The molecule has 1 unspecified atom stereocenters. The second kappa shape index (κ2) is 5.50. The van der Waals surface area contributed by atoms with Gasteiger partial charge >= 0.3 is 5.97 Å². The standard InChI is InChI=1S/C10H17N3O3/c1-4-7(5-15-2)13-6-12-8(9(13)11)10(14)16-3/h6-7H,4-5,11H2,1-3H3. The number of nitrogens with two attached hydrogens (primary N) is 1. The number of anilines is 1. The first-order valence-electron chi connectivity index (χ1n) is 5.05. The fourth-order valence-corrected chi connectivity index (χ4v) is 1.50. The molecule has 0 amide bonds. The molecule has 0 radical (unpaired) electrons. The molecule has 1 rings (SSSR count). The van der Waals surface area contributed by atoms with Crippen molar-refractivity contribution in [3.05, 3.63) is 12.0 Å². The summed E-state index contributed by atoms with van der Waals surface area (Å²) < 4.78 is 11.4. The monoisotopic (exact) mass is 227 g/mol. The largest absolute Gasteiger partial charge is 0.464 e. The minimum atomic E-state index is -0.525. The first kappa shape index (κ1) is 12.5. The highest BCUT2D eigenvalue weighted by Gasteiger charge is 2.19. The van der Waals surface area contributed by atoms with Crippen molar-refractivity contribution >= 4 is 11.8 Å². The van der Waals surface area contributed by atoms with Crippen molar-refractivity contribution in [2.24, 2.45) is 0 Å². The SMILES string of the molecule is CCC(COC)n1cnc(C(=O)OC)c1N. The summed E-state index contributed by atoms with van der Waals surface area (Å²) in [6.45, 7) is 2.54. The van der Waals surface area contributed by atoms with Crippen LogP contribution in [0.4, 0.5) is 5.82 Å². The summed E-state index contributed by atoms with van der Waals surface area (Å²) in [4.78, 5) is 15.3. The van der Waals surface area contributed by atoms with Crippen LogP contribution in [0.5, 0.6) is 0 Å². The number of methoxy groups -OCH3 is 2. The second-order valence-electron chi connectivity index (χ2n) is 3.39. The lowest BCUT2D eigenvalue weighted by molar-refractivity contribution is 0.0595. The number of nitrogens with zero attached hydrogens (tertiary/aromatic N) is 2. The molecule has 0 bridgehead atoms. The number of carbonyl (C=O) groups excluding carboxylic acids is 1. The van der Waals surface area contributed by atoms with Gasteiger partial charge in [-0.1, -0.05) is 6.92 Å². The molecular weight excluding hydrogens is 210 g/mol. The lowest BCUT2D eigenvalue weighted by Crippen LogP contribution is -2.16. The van der Waals surface area contributed by atoms with Crippen LogP contribution in [0.15, 0.2) is 6.33 Å². The zero-order valence-electron chi connectivity index (χ0n) is 9.77. The van der Waals surface area contributed by atoms with E-state index in [1.54, 1.807) is 11.7 Å². The van der Waals surface area contributed by atoms with Crippen LogP contribution in [0.25, 0.3) is 0 Å². The van der Waals surface area contributed by atoms with Crippen molar-refractivity contribution in [3.63, 3.8) is 0 Å². The van der Waals surface area contributed by atoms with E-state index in [-0.39, 0.29) is 11.7 Å². The van der Waals surface area contributed by atoms with Gasteiger partial charge in [0.1, 0.15) is 5.82 Å². The minimum Gasteiger partial charge on any atom is -0.464 e. The van der Waals surface area contributed by atoms with E-state index in [4.69, 9.17) is 10.5 Å². The third-order valence-corrected chi connectivity index (χ3v) is 2.43. The number of nitrogen functional groups attached to an aromatic ring is 1. The molecule has 0 spiro atoms. The Morgan fingerprint density at radius 3 is 2.81 bits per heavy atom. The van der Waals surface area contributed by atoms with Crippen molar-refractivity contribution in [3.8, 4) is 0 Å². The van der Waals surface area contributed by atoms with Crippen molar-refractivity contribution < 1.29 is 14.3 Å². The molecule has 1 atom stereocenters. The van der Waals surface area contributed by atoms with Crippen LogP contribution < -0.4 is 5.73 Å². The number of esters is 1. The van der Waals surface area contributed by atoms with Gasteiger partial charge in [-0.3, -0.25) is 0 Å². The number of ether oxygens (including phenoxy) is 2. The Labute approximate surface area is 94.4 Å². The number of carbonyl (C=O) groups is 1. The molecule has 1 aromatic heterocycles. The van der Waals surface area contributed by atoms with Gasteiger partial charge in [0.15, 0.2) is 5.69 Å². The molecule has 16 heavy (non-hydrogen) atoms. The van der Waals surface area contributed by atoms with Gasteiger partial charge in [0.25, 0.3) is 0 Å².